The van der Waals surface area contributed by atoms with Gasteiger partial charge in [-0.3, -0.25) is 4.98 Å². The SMILES string of the molecule is CCCCOC(=O)/C=C/c1cncc(OCCCC)c1. The smallest absolute Gasteiger partial charge is 0.330 e. The van der Waals surface area contributed by atoms with E-state index in [2.05, 4.69) is 18.8 Å². The zero-order valence-electron chi connectivity index (χ0n) is 12.3. The van der Waals surface area contributed by atoms with Crippen molar-refractivity contribution < 1.29 is 14.3 Å². The maximum atomic E-state index is 11.4. The fourth-order valence-electron chi connectivity index (χ4n) is 1.47. The monoisotopic (exact) mass is 277 g/mol. The van der Waals surface area contributed by atoms with Gasteiger partial charge < -0.3 is 9.47 Å². The molecular formula is C16H23NO3. The van der Waals surface area contributed by atoms with Gasteiger partial charge >= 0.3 is 5.97 Å². The summed E-state index contributed by atoms with van der Waals surface area (Å²) >= 11 is 0. The lowest BCUT2D eigenvalue weighted by Crippen LogP contribution is -2.01. The normalized spacial score (nSPS) is 10.7. The molecule has 0 saturated carbocycles. The highest BCUT2D eigenvalue weighted by Crippen LogP contribution is 2.13. The van der Waals surface area contributed by atoms with Crippen molar-refractivity contribution in [3.63, 3.8) is 0 Å². The van der Waals surface area contributed by atoms with Gasteiger partial charge in [-0.05, 0) is 30.5 Å². The van der Waals surface area contributed by atoms with Crippen molar-refractivity contribution in [3.05, 3.63) is 30.1 Å². The summed E-state index contributed by atoms with van der Waals surface area (Å²) in [5, 5.41) is 0. The van der Waals surface area contributed by atoms with Gasteiger partial charge in [0.2, 0.25) is 0 Å². The second kappa shape index (κ2) is 10.0. The lowest BCUT2D eigenvalue weighted by atomic mass is 10.2. The van der Waals surface area contributed by atoms with Crippen molar-refractivity contribution in [3.8, 4) is 5.75 Å². The quantitative estimate of drug-likeness (QED) is 0.393. The summed E-state index contributed by atoms with van der Waals surface area (Å²) in [4.78, 5) is 15.5. The number of esters is 1. The van der Waals surface area contributed by atoms with Crippen LogP contribution in [-0.2, 0) is 9.53 Å². The Balaban J connectivity index is 2.46. The van der Waals surface area contributed by atoms with Crippen LogP contribution in [0.1, 0.15) is 45.1 Å². The highest BCUT2D eigenvalue weighted by atomic mass is 16.5. The van der Waals surface area contributed by atoms with Gasteiger partial charge in [-0.1, -0.05) is 26.7 Å². The van der Waals surface area contributed by atoms with Gasteiger partial charge in [0.25, 0.3) is 0 Å². The number of hydrogen-bond acceptors (Lipinski definition) is 4. The van der Waals surface area contributed by atoms with Crippen LogP contribution in [0.2, 0.25) is 0 Å². The number of hydrogen-bond donors (Lipinski definition) is 0. The zero-order chi connectivity index (χ0) is 14.6. The van der Waals surface area contributed by atoms with Gasteiger partial charge in [-0.2, -0.15) is 0 Å². The number of carbonyl (C=O) groups excluding carboxylic acids is 1. The summed E-state index contributed by atoms with van der Waals surface area (Å²) < 4.78 is 10.6. The summed E-state index contributed by atoms with van der Waals surface area (Å²) in [5.41, 5.74) is 0.825. The van der Waals surface area contributed by atoms with E-state index in [0.717, 1.165) is 37.0 Å². The highest BCUT2D eigenvalue weighted by molar-refractivity contribution is 5.87. The van der Waals surface area contributed by atoms with E-state index >= 15 is 0 Å². The minimum atomic E-state index is -0.323. The van der Waals surface area contributed by atoms with Gasteiger partial charge in [0, 0.05) is 12.3 Å². The van der Waals surface area contributed by atoms with Gasteiger partial charge in [-0.25, -0.2) is 4.79 Å². The molecule has 4 nitrogen and oxygen atoms in total. The van der Waals surface area contributed by atoms with Crippen LogP contribution in [0, 0.1) is 0 Å². The Morgan fingerprint density at radius 3 is 2.70 bits per heavy atom. The molecule has 0 N–H and O–H groups in total. The van der Waals surface area contributed by atoms with Crippen molar-refractivity contribution in [2.75, 3.05) is 13.2 Å². The summed E-state index contributed by atoms with van der Waals surface area (Å²) in [6.45, 7) is 5.33. The standard InChI is InChI=1S/C16H23NO3/c1-3-5-9-19-15-11-14(12-17-13-15)7-8-16(18)20-10-6-4-2/h7-8,11-13H,3-6,9-10H2,1-2H3/b8-7+. The van der Waals surface area contributed by atoms with Crippen LogP contribution in [0.3, 0.4) is 0 Å². The molecule has 1 aromatic heterocycles. The van der Waals surface area contributed by atoms with Crippen LogP contribution >= 0.6 is 0 Å². The van der Waals surface area contributed by atoms with E-state index in [1.165, 1.54) is 6.08 Å². The second-order valence-corrected chi connectivity index (χ2v) is 4.51. The summed E-state index contributed by atoms with van der Waals surface area (Å²) in [5.74, 6) is 0.399. The molecule has 0 amide bonds. The first kappa shape index (κ1) is 16.2. The Morgan fingerprint density at radius 2 is 1.95 bits per heavy atom. The number of aromatic nitrogens is 1. The molecule has 0 bridgehead atoms. The second-order valence-electron chi connectivity index (χ2n) is 4.51. The van der Waals surface area contributed by atoms with E-state index in [0.29, 0.717) is 13.2 Å². The molecule has 0 atom stereocenters. The Bertz CT molecular complexity index is 429. The molecule has 1 rings (SSSR count). The summed E-state index contributed by atoms with van der Waals surface area (Å²) in [6.07, 6.45) is 10.5. The maximum Gasteiger partial charge on any atom is 0.330 e. The van der Waals surface area contributed by atoms with Crippen LogP contribution in [-0.4, -0.2) is 24.2 Å². The molecule has 1 aromatic rings. The third-order valence-corrected chi connectivity index (χ3v) is 2.66. The molecule has 110 valence electrons. The molecule has 0 aliphatic heterocycles. The number of carbonyl (C=O) groups is 1. The van der Waals surface area contributed by atoms with Crippen molar-refractivity contribution >= 4 is 12.0 Å². The molecule has 0 aliphatic carbocycles. The van der Waals surface area contributed by atoms with Gasteiger partial charge in [-0.15, -0.1) is 0 Å². The molecule has 0 aromatic carbocycles. The van der Waals surface area contributed by atoms with Crippen LogP contribution in [0.25, 0.3) is 6.08 Å². The van der Waals surface area contributed by atoms with E-state index in [-0.39, 0.29) is 5.97 Å². The van der Waals surface area contributed by atoms with E-state index in [4.69, 9.17) is 9.47 Å². The van der Waals surface area contributed by atoms with Gasteiger partial charge in [0.15, 0.2) is 0 Å². The van der Waals surface area contributed by atoms with E-state index < -0.39 is 0 Å². The first-order valence-electron chi connectivity index (χ1n) is 7.19. The molecule has 0 aliphatic rings. The lowest BCUT2D eigenvalue weighted by Gasteiger charge is -2.05. The van der Waals surface area contributed by atoms with Crippen molar-refractivity contribution in [1.29, 1.82) is 0 Å². The first-order chi connectivity index (χ1) is 9.76. The third-order valence-electron chi connectivity index (χ3n) is 2.66. The Kier molecular flexibility index (Phi) is 8.11. The molecule has 1 heterocycles. The minimum Gasteiger partial charge on any atom is -0.492 e. The van der Waals surface area contributed by atoms with Gasteiger partial charge in [0.1, 0.15) is 5.75 Å². The van der Waals surface area contributed by atoms with Crippen molar-refractivity contribution in [2.45, 2.75) is 39.5 Å². The number of unbranched alkanes of at least 4 members (excludes halogenated alkanes) is 2. The Labute approximate surface area is 120 Å². The van der Waals surface area contributed by atoms with Crippen LogP contribution < -0.4 is 4.74 Å². The number of pyridine rings is 1. The fourth-order valence-corrected chi connectivity index (χ4v) is 1.47. The molecule has 0 saturated heterocycles. The topological polar surface area (TPSA) is 48.4 Å². The molecule has 20 heavy (non-hydrogen) atoms. The Morgan fingerprint density at radius 1 is 1.20 bits per heavy atom. The minimum absolute atomic E-state index is 0.323. The number of rotatable bonds is 9. The van der Waals surface area contributed by atoms with E-state index in [1.54, 1.807) is 18.5 Å². The highest BCUT2D eigenvalue weighted by Gasteiger charge is 1.98. The maximum absolute atomic E-state index is 11.4. The molecule has 4 heteroatoms. The van der Waals surface area contributed by atoms with Crippen molar-refractivity contribution in [1.82, 2.24) is 4.98 Å². The van der Waals surface area contributed by atoms with Crippen molar-refractivity contribution in [2.24, 2.45) is 0 Å². The molecule has 0 radical (unpaired) electrons. The number of ether oxygens (including phenoxy) is 2. The third kappa shape index (κ3) is 6.92. The summed E-state index contributed by atoms with van der Waals surface area (Å²) in [6, 6.07) is 1.86. The average Bonchev–Trinajstić information content (AvgIpc) is 2.46. The van der Waals surface area contributed by atoms with E-state index in [9.17, 15) is 4.79 Å². The zero-order valence-corrected chi connectivity index (χ0v) is 12.3. The fraction of sp³-hybridized carbons (Fsp3) is 0.500. The predicted molar refractivity (Wildman–Crippen MR) is 79.5 cm³/mol. The Hall–Kier alpha value is -1.84. The van der Waals surface area contributed by atoms with Crippen LogP contribution in [0.5, 0.6) is 5.75 Å². The summed E-state index contributed by atoms with van der Waals surface area (Å²) in [7, 11) is 0. The first-order valence-corrected chi connectivity index (χ1v) is 7.19. The van der Waals surface area contributed by atoms with E-state index in [1.807, 2.05) is 6.07 Å². The predicted octanol–water partition coefficient (Wildman–Crippen LogP) is 3.62. The molecule has 0 spiro atoms. The van der Waals surface area contributed by atoms with Crippen LogP contribution in [0.15, 0.2) is 24.5 Å². The molecular weight excluding hydrogens is 254 g/mol. The van der Waals surface area contributed by atoms with Crippen LogP contribution in [0.4, 0.5) is 0 Å². The molecule has 0 unspecified atom stereocenters. The molecule has 0 fully saturated rings. The lowest BCUT2D eigenvalue weighted by molar-refractivity contribution is -0.137. The number of nitrogens with zero attached hydrogens (tertiary/aromatic N) is 1. The largest absolute Gasteiger partial charge is 0.492 e. The average molecular weight is 277 g/mol. The van der Waals surface area contributed by atoms with Gasteiger partial charge in [0.05, 0.1) is 19.4 Å².